The van der Waals surface area contributed by atoms with Gasteiger partial charge in [-0.3, -0.25) is 4.90 Å². The van der Waals surface area contributed by atoms with Crippen LogP contribution in [0.5, 0.6) is 0 Å². The molecule has 3 rings (SSSR count). The molecule has 2 heterocycles. The zero-order valence-corrected chi connectivity index (χ0v) is 14.0. The quantitative estimate of drug-likeness (QED) is 0.921. The van der Waals surface area contributed by atoms with Crippen LogP contribution < -0.4 is 5.32 Å². The second-order valence-corrected chi connectivity index (χ2v) is 6.34. The van der Waals surface area contributed by atoms with Gasteiger partial charge in [0.15, 0.2) is 0 Å². The van der Waals surface area contributed by atoms with Crippen molar-refractivity contribution in [3.8, 4) is 6.07 Å². The second-order valence-electron chi connectivity index (χ2n) is 5.93. The molecule has 1 aliphatic rings. The molecule has 1 fully saturated rings. The molecule has 1 aromatic carbocycles. The van der Waals surface area contributed by atoms with Gasteiger partial charge in [0.1, 0.15) is 29.7 Å². The van der Waals surface area contributed by atoms with E-state index in [-0.39, 0.29) is 11.1 Å². The zero-order chi connectivity index (χ0) is 17.1. The lowest BCUT2D eigenvalue weighted by atomic mass is 9.93. The molecule has 2 aromatic rings. The maximum Gasteiger partial charge on any atom is 0.145 e. The van der Waals surface area contributed by atoms with E-state index in [2.05, 4.69) is 20.2 Å². The lowest BCUT2D eigenvalue weighted by molar-refractivity contribution is 0.281. The number of nitrogens with one attached hydrogen (secondary N) is 1. The molecule has 0 bridgehead atoms. The Bertz CT molecular complexity index is 776. The van der Waals surface area contributed by atoms with Crippen LogP contribution in [0.2, 0.25) is 5.02 Å². The van der Waals surface area contributed by atoms with Crippen LogP contribution in [-0.2, 0) is 0 Å². The first-order valence-electron chi connectivity index (χ1n) is 7.69. The molecule has 2 atom stereocenters. The molecule has 0 radical (unpaired) electrons. The van der Waals surface area contributed by atoms with Gasteiger partial charge >= 0.3 is 0 Å². The molecule has 1 aliphatic heterocycles. The van der Waals surface area contributed by atoms with E-state index in [9.17, 15) is 4.39 Å². The van der Waals surface area contributed by atoms with Crippen molar-refractivity contribution in [1.29, 1.82) is 5.26 Å². The van der Waals surface area contributed by atoms with Crippen molar-refractivity contribution in [3.63, 3.8) is 0 Å². The Morgan fingerprint density at radius 3 is 3.00 bits per heavy atom. The maximum atomic E-state index is 13.8. The molecule has 0 amide bonds. The summed E-state index contributed by atoms with van der Waals surface area (Å²) in [7, 11) is 2.04. The molecule has 0 unspecified atom stereocenters. The first kappa shape index (κ1) is 16.6. The van der Waals surface area contributed by atoms with Crippen molar-refractivity contribution >= 4 is 17.4 Å². The molecule has 0 aliphatic carbocycles. The van der Waals surface area contributed by atoms with E-state index in [4.69, 9.17) is 16.9 Å². The van der Waals surface area contributed by atoms with Crippen LogP contribution in [0, 0.1) is 23.1 Å². The Morgan fingerprint density at radius 1 is 1.42 bits per heavy atom. The Kier molecular flexibility index (Phi) is 4.93. The fourth-order valence-electron chi connectivity index (χ4n) is 3.21. The zero-order valence-electron chi connectivity index (χ0n) is 13.2. The van der Waals surface area contributed by atoms with Gasteiger partial charge in [0, 0.05) is 18.7 Å². The van der Waals surface area contributed by atoms with Crippen LogP contribution in [0.25, 0.3) is 0 Å². The lowest BCUT2D eigenvalue weighted by Crippen LogP contribution is -2.25. The van der Waals surface area contributed by atoms with E-state index >= 15 is 0 Å². The summed E-state index contributed by atoms with van der Waals surface area (Å²) in [4.78, 5) is 10.2. The summed E-state index contributed by atoms with van der Waals surface area (Å²) in [6, 6.07) is 8.72. The summed E-state index contributed by atoms with van der Waals surface area (Å²) in [5.74, 6) is 0.531. The van der Waals surface area contributed by atoms with E-state index in [0.717, 1.165) is 18.5 Å². The minimum atomic E-state index is -0.393. The van der Waals surface area contributed by atoms with Crippen molar-refractivity contribution < 1.29 is 4.39 Å². The fraction of sp³-hybridized carbons (Fsp3) is 0.353. The Hall–Kier alpha value is -2.23. The van der Waals surface area contributed by atoms with Crippen LogP contribution in [0.3, 0.4) is 0 Å². The fourth-order valence-corrected chi connectivity index (χ4v) is 3.33. The van der Waals surface area contributed by atoms with Crippen molar-refractivity contribution in [3.05, 3.63) is 52.7 Å². The van der Waals surface area contributed by atoms with Gasteiger partial charge in [-0.05, 0) is 43.6 Å². The van der Waals surface area contributed by atoms with E-state index in [0.29, 0.717) is 24.0 Å². The van der Waals surface area contributed by atoms with Crippen molar-refractivity contribution in [1.82, 2.24) is 14.9 Å². The average Bonchev–Trinajstić information content (AvgIpc) is 2.96. The molecule has 1 aromatic heterocycles. The Labute approximate surface area is 145 Å². The molecule has 24 heavy (non-hydrogen) atoms. The van der Waals surface area contributed by atoms with Gasteiger partial charge in [-0.1, -0.05) is 17.7 Å². The number of hydrogen-bond donors (Lipinski definition) is 1. The highest BCUT2D eigenvalue weighted by Gasteiger charge is 2.33. The van der Waals surface area contributed by atoms with Gasteiger partial charge in [-0.15, -0.1) is 0 Å². The Morgan fingerprint density at radius 2 is 2.25 bits per heavy atom. The van der Waals surface area contributed by atoms with Gasteiger partial charge in [0.25, 0.3) is 0 Å². The van der Waals surface area contributed by atoms with Crippen LogP contribution in [-0.4, -0.2) is 35.0 Å². The minimum Gasteiger partial charge on any atom is -0.370 e. The summed E-state index contributed by atoms with van der Waals surface area (Å²) in [5, 5.41) is 12.3. The highest BCUT2D eigenvalue weighted by Crippen LogP contribution is 2.37. The number of benzene rings is 1. The molecule has 0 spiro atoms. The molecule has 1 N–H and O–H groups in total. The topological polar surface area (TPSA) is 64.8 Å². The summed E-state index contributed by atoms with van der Waals surface area (Å²) in [5.41, 5.74) is 1.25. The predicted octanol–water partition coefficient (Wildman–Crippen LogP) is 3.25. The normalized spacial score (nSPS) is 20.8. The van der Waals surface area contributed by atoms with Crippen LogP contribution >= 0.6 is 11.6 Å². The summed E-state index contributed by atoms with van der Waals surface area (Å²) in [6.07, 6.45) is 2.36. The third-order valence-corrected chi connectivity index (χ3v) is 4.69. The summed E-state index contributed by atoms with van der Waals surface area (Å²) in [6.45, 7) is 1.62. The molecule has 7 heteroatoms. The molecule has 1 saturated heterocycles. The number of rotatable bonds is 4. The number of likely N-dealkylation sites (tertiary alicyclic amines) is 1. The highest BCUT2D eigenvalue weighted by atomic mass is 35.5. The number of hydrogen-bond acceptors (Lipinski definition) is 5. The molecular formula is C17H17ClFN5. The van der Waals surface area contributed by atoms with E-state index in [1.807, 2.05) is 19.2 Å². The standard InChI is InChI=1S/C17H17ClFN5/c1-24-5-4-12(9-21-16-7-13(8-20)22-10-23-16)17(24)11-2-3-14(18)15(19)6-11/h2-3,6-7,10,12,17H,4-5,9H2,1H3,(H,21,22,23)/t12-,17+/m0/s1. The number of nitrogens with zero attached hydrogens (tertiary/aromatic N) is 4. The van der Waals surface area contributed by atoms with Gasteiger partial charge < -0.3 is 5.32 Å². The van der Waals surface area contributed by atoms with Crippen LogP contribution in [0.15, 0.2) is 30.6 Å². The van der Waals surface area contributed by atoms with Crippen LogP contribution in [0.4, 0.5) is 10.2 Å². The van der Waals surface area contributed by atoms with E-state index in [1.165, 1.54) is 12.4 Å². The first-order valence-corrected chi connectivity index (χ1v) is 8.07. The lowest BCUT2D eigenvalue weighted by Gasteiger charge is -2.26. The van der Waals surface area contributed by atoms with Gasteiger partial charge in [0.2, 0.25) is 0 Å². The molecular weight excluding hydrogens is 329 g/mol. The summed E-state index contributed by atoms with van der Waals surface area (Å²) < 4.78 is 13.8. The monoisotopic (exact) mass is 345 g/mol. The minimum absolute atomic E-state index is 0.113. The first-order chi connectivity index (χ1) is 11.6. The third-order valence-electron chi connectivity index (χ3n) is 4.39. The van der Waals surface area contributed by atoms with Crippen molar-refractivity contribution in [2.45, 2.75) is 12.5 Å². The smallest absolute Gasteiger partial charge is 0.145 e. The predicted molar refractivity (Wildman–Crippen MR) is 90.1 cm³/mol. The number of nitriles is 1. The highest BCUT2D eigenvalue weighted by molar-refractivity contribution is 6.30. The van der Waals surface area contributed by atoms with Gasteiger partial charge in [0.05, 0.1) is 5.02 Å². The average molecular weight is 346 g/mol. The maximum absolute atomic E-state index is 13.8. The van der Waals surface area contributed by atoms with Gasteiger partial charge in [-0.25, -0.2) is 14.4 Å². The van der Waals surface area contributed by atoms with Crippen molar-refractivity contribution in [2.24, 2.45) is 5.92 Å². The summed E-state index contributed by atoms with van der Waals surface area (Å²) >= 11 is 5.79. The molecule has 5 nitrogen and oxygen atoms in total. The number of anilines is 1. The van der Waals surface area contributed by atoms with E-state index < -0.39 is 5.82 Å². The number of halogens is 2. The third kappa shape index (κ3) is 3.48. The SMILES string of the molecule is CN1CC[C@@H](CNc2cc(C#N)ncn2)[C@H]1c1ccc(Cl)c(F)c1. The van der Waals surface area contributed by atoms with Gasteiger partial charge in [-0.2, -0.15) is 5.26 Å². The largest absolute Gasteiger partial charge is 0.370 e. The van der Waals surface area contributed by atoms with Crippen LogP contribution in [0.1, 0.15) is 23.7 Å². The van der Waals surface area contributed by atoms with Crippen molar-refractivity contribution in [2.75, 3.05) is 25.5 Å². The number of aromatic nitrogens is 2. The second kappa shape index (κ2) is 7.12. The molecule has 124 valence electrons. The van der Waals surface area contributed by atoms with E-state index in [1.54, 1.807) is 12.1 Å². The molecule has 0 saturated carbocycles. The Balaban J connectivity index is 1.74.